The van der Waals surface area contributed by atoms with Crippen LogP contribution in [0.2, 0.25) is 0 Å². The van der Waals surface area contributed by atoms with Crippen molar-refractivity contribution in [3.8, 4) is 0 Å². The third-order valence-electron chi connectivity index (χ3n) is 6.56. The zero-order valence-corrected chi connectivity index (χ0v) is 21.2. The Bertz CT molecular complexity index is 1110. The van der Waals surface area contributed by atoms with Gasteiger partial charge in [-0.05, 0) is 24.8 Å². The topological polar surface area (TPSA) is 82.4 Å². The second kappa shape index (κ2) is 11.4. The second-order valence-corrected chi connectivity index (χ2v) is 9.60. The van der Waals surface area contributed by atoms with Crippen LogP contribution in [0.1, 0.15) is 17.0 Å². The molecule has 0 saturated carbocycles. The lowest BCUT2D eigenvalue weighted by atomic mass is 10.0. The molecule has 1 atom stereocenters. The van der Waals surface area contributed by atoms with Crippen molar-refractivity contribution in [2.24, 2.45) is 13.0 Å². The Morgan fingerprint density at radius 3 is 2.57 bits per heavy atom. The Labute approximate surface area is 207 Å². The van der Waals surface area contributed by atoms with Gasteiger partial charge in [-0.1, -0.05) is 30.3 Å². The maximum atomic E-state index is 12.9. The molecule has 1 amide bonds. The normalized spacial score (nSPS) is 17.2. The van der Waals surface area contributed by atoms with Gasteiger partial charge in [-0.3, -0.25) is 19.3 Å². The first-order chi connectivity index (χ1) is 16.9. The lowest BCUT2D eigenvalue weighted by Gasteiger charge is -2.24. The van der Waals surface area contributed by atoms with Crippen LogP contribution in [0.25, 0.3) is 0 Å². The van der Waals surface area contributed by atoms with E-state index in [0.717, 1.165) is 62.0 Å². The van der Waals surface area contributed by atoms with Crippen LogP contribution in [0.15, 0.2) is 48.9 Å². The maximum absolute atomic E-state index is 12.9. The van der Waals surface area contributed by atoms with E-state index in [2.05, 4.69) is 66.6 Å². The zero-order valence-electron chi connectivity index (χ0n) is 21.2. The Hall–Kier alpha value is -3.30. The molecule has 186 valence electrons. The summed E-state index contributed by atoms with van der Waals surface area (Å²) < 4.78 is 1.77. The molecule has 3 aromatic rings. The molecule has 0 bridgehead atoms. The average Bonchev–Trinajstić information content (AvgIpc) is 3.03. The summed E-state index contributed by atoms with van der Waals surface area (Å²) in [6, 6.07) is 12.6. The molecule has 1 fully saturated rings. The second-order valence-electron chi connectivity index (χ2n) is 9.60. The quantitative estimate of drug-likeness (QED) is 0.534. The summed E-state index contributed by atoms with van der Waals surface area (Å²) in [4.78, 5) is 28.5. The molecule has 1 saturated heterocycles. The van der Waals surface area contributed by atoms with Crippen molar-refractivity contribution in [3.05, 3.63) is 65.9 Å². The molecule has 1 aromatic carbocycles. The summed E-state index contributed by atoms with van der Waals surface area (Å²) in [7, 11) is 5.86. The van der Waals surface area contributed by atoms with Crippen LogP contribution in [-0.2, 0) is 24.8 Å². The number of aromatic nitrogens is 4. The van der Waals surface area contributed by atoms with Gasteiger partial charge >= 0.3 is 0 Å². The number of nitrogens with one attached hydrogen (secondary N) is 1. The summed E-state index contributed by atoms with van der Waals surface area (Å²) in [6.45, 7) is 6.76. The van der Waals surface area contributed by atoms with Gasteiger partial charge in [-0.2, -0.15) is 5.10 Å². The van der Waals surface area contributed by atoms with Crippen molar-refractivity contribution in [1.82, 2.24) is 29.5 Å². The van der Waals surface area contributed by atoms with Gasteiger partial charge in [0.15, 0.2) is 0 Å². The minimum atomic E-state index is -0.00621. The van der Waals surface area contributed by atoms with E-state index in [1.54, 1.807) is 17.2 Å². The zero-order chi connectivity index (χ0) is 24.8. The third-order valence-corrected chi connectivity index (χ3v) is 6.56. The molecule has 3 heterocycles. The number of anilines is 2. The fourth-order valence-corrected chi connectivity index (χ4v) is 4.56. The van der Waals surface area contributed by atoms with Gasteiger partial charge in [0.25, 0.3) is 0 Å². The standard InChI is InChI=1S/C26H36N8O/c1-20-24(14-29-32(20)4)30-26(35)18-34-11-10-33(15-21-8-6-5-7-9-21)16-22(17-34)12-23-13-25(31(2)3)28-19-27-23/h5-9,13-14,19,22H,10-12,15-18H2,1-4H3,(H,30,35). The predicted octanol–water partition coefficient (Wildman–Crippen LogP) is 2.20. The highest BCUT2D eigenvalue weighted by atomic mass is 16.2. The van der Waals surface area contributed by atoms with Crippen molar-refractivity contribution in [2.45, 2.75) is 19.9 Å². The highest BCUT2D eigenvalue weighted by molar-refractivity contribution is 5.92. The van der Waals surface area contributed by atoms with Crippen LogP contribution < -0.4 is 10.2 Å². The van der Waals surface area contributed by atoms with Gasteiger partial charge in [0.2, 0.25) is 5.91 Å². The van der Waals surface area contributed by atoms with Crippen molar-refractivity contribution < 1.29 is 4.79 Å². The highest BCUT2D eigenvalue weighted by Crippen LogP contribution is 2.19. The molecule has 9 heteroatoms. The monoisotopic (exact) mass is 476 g/mol. The van der Waals surface area contributed by atoms with E-state index >= 15 is 0 Å². The van der Waals surface area contributed by atoms with Crippen LogP contribution in [0.3, 0.4) is 0 Å². The largest absolute Gasteiger partial charge is 0.363 e. The molecule has 1 unspecified atom stereocenters. The van der Waals surface area contributed by atoms with Gasteiger partial charge in [-0.15, -0.1) is 0 Å². The third kappa shape index (κ3) is 6.86. The SMILES string of the molecule is Cc1c(NC(=O)CN2CCN(Cc3ccccc3)CC(Cc3cc(N(C)C)ncn3)C2)cnn1C. The van der Waals surface area contributed by atoms with Crippen LogP contribution in [0, 0.1) is 12.8 Å². The molecule has 0 spiro atoms. The molecular formula is C26H36N8O. The van der Waals surface area contributed by atoms with E-state index in [9.17, 15) is 4.79 Å². The fourth-order valence-electron chi connectivity index (χ4n) is 4.56. The minimum Gasteiger partial charge on any atom is -0.363 e. The first-order valence-electron chi connectivity index (χ1n) is 12.1. The molecule has 0 radical (unpaired) electrons. The number of carbonyl (C=O) groups excluding carboxylic acids is 1. The number of amides is 1. The number of rotatable bonds is 8. The number of carbonyl (C=O) groups is 1. The summed E-state index contributed by atoms with van der Waals surface area (Å²) >= 11 is 0. The maximum Gasteiger partial charge on any atom is 0.238 e. The van der Waals surface area contributed by atoms with E-state index in [1.165, 1.54) is 5.56 Å². The minimum absolute atomic E-state index is 0.00621. The molecule has 1 aliphatic heterocycles. The van der Waals surface area contributed by atoms with Crippen LogP contribution in [0.5, 0.6) is 0 Å². The van der Waals surface area contributed by atoms with E-state index in [4.69, 9.17) is 0 Å². The number of benzene rings is 1. The highest BCUT2D eigenvalue weighted by Gasteiger charge is 2.25. The Morgan fingerprint density at radius 1 is 1.11 bits per heavy atom. The summed E-state index contributed by atoms with van der Waals surface area (Å²) in [5.41, 5.74) is 4.06. The van der Waals surface area contributed by atoms with Crippen LogP contribution >= 0.6 is 0 Å². The summed E-state index contributed by atoms with van der Waals surface area (Å²) in [6.07, 6.45) is 4.19. The van der Waals surface area contributed by atoms with Crippen molar-refractivity contribution in [2.75, 3.05) is 57.0 Å². The summed E-state index contributed by atoms with van der Waals surface area (Å²) in [5.74, 6) is 1.25. The fraction of sp³-hybridized carbons (Fsp3) is 0.462. The van der Waals surface area contributed by atoms with E-state index in [1.807, 2.05) is 33.0 Å². The van der Waals surface area contributed by atoms with Crippen LogP contribution in [-0.4, -0.2) is 82.3 Å². The van der Waals surface area contributed by atoms with Gasteiger partial charge in [-0.25, -0.2) is 9.97 Å². The van der Waals surface area contributed by atoms with E-state index < -0.39 is 0 Å². The van der Waals surface area contributed by atoms with Crippen molar-refractivity contribution in [3.63, 3.8) is 0 Å². The number of hydrogen-bond donors (Lipinski definition) is 1. The van der Waals surface area contributed by atoms with Gasteiger partial charge in [0.1, 0.15) is 12.1 Å². The Kier molecular flexibility index (Phi) is 8.09. The van der Waals surface area contributed by atoms with E-state index in [0.29, 0.717) is 12.5 Å². The molecule has 1 N–H and O–H groups in total. The Morgan fingerprint density at radius 2 is 1.86 bits per heavy atom. The van der Waals surface area contributed by atoms with Gasteiger partial charge in [0.05, 0.1) is 24.1 Å². The molecule has 35 heavy (non-hydrogen) atoms. The molecule has 9 nitrogen and oxygen atoms in total. The van der Waals surface area contributed by atoms with Gasteiger partial charge in [0, 0.05) is 65.6 Å². The molecule has 1 aliphatic rings. The van der Waals surface area contributed by atoms with Crippen molar-refractivity contribution in [1.29, 1.82) is 0 Å². The average molecular weight is 477 g/mol. The number of nitrogens with zero attached hydrogens (tertiary/aromatic N) is 7. The first kappa shape index (κ1) is 24.8. The van der Waals surface area contributed by atoms with E-state index in [-0.39, 0.29) is 5.91 Å². The molecular weight excluding hydrogens is 440 g/mol. The number of aryl methyl sites for hydroxylation is 1. The summed E-state index contributed by atoms with van der Waals surface area (Å²) in [5, 5.41) is 7.26. The smallest absolute Gasteiger partial charge is 0.238 e. The van der Waals surface area contributed by atoms with Crippen LogP contribution in [0.4, 0.5) is 11.5 Å². The predicted molar refractivity (Wildman–Crippen MR) is 138 cm³/mol. The molecule has 4 rings (SSSR count). The number of hydrogen-bond acceptors (Lipinski definition) is 7. The molecule has 0 aliphatic carbocycles. The first-order valence-corrected chi connectivity index (χ1v) is 12.1. The lowest BCUT2D eigenvalue weighted by Crippen LogP contribution is -2.37. The van der Waals surface area contributed by atoms with Gasteiger partial charge < -0.3 is 10.2 Å². The Balaban J connectivity index is 1.46. The lowest BCUT2D eigenvalue weighted by molar-refractivity contribution is -0.117. The molecule has 2 aromatic heterocycles. The van der Waals surface area contributed by atoms with Crippen molar-refractivity contribution >= 4 is 17.4 Å².